The Hall–Kier alpha value is -5.39. The molecule has 52 heavy (non-hydrogen) atoms. The van der Waals surface area contributed by atoms with Crippen LogP contribution in [0.15, 0.2) is 84.2 Å². The second-order valence-electron chi connectivity index (χ2n) is 13.4. The molecule has 1 aromatic heterocycles. The van der Waals surface area contributed by atoms with Gasteiger partial charge in [0, 0.05) is 80.8 Å². The number of phenolic OH excluding ortho intramolecular Hbond substituents is 1. The van der Waals surface area contributed by atoms with Crippen molar-refractivity contribution < 1.29 is 24.2 Å². The van der Waals surface area contributed by atoms with E-state index in [0.29, 0.717) is 52.3 Å². The number of hydrogen-bond acceptors (Lipinski definition) is 8. The van der Waals surface area contributed by atoms with Crippen molar-refractivity contribution in [1.82, 2.24) is 20.4 Å². The highest BCUT2D eigenvalue weighted by Crippen LogP contribution is 2.36. The summed E-state index contributed by atoms with van der Waals surface area (Å²) in [5, 5.41) is 20.9. The van der Waals surface area contributed by atoms with E-state index in [1.165, 1.54) is 0 Å². The molecule has 268 valence electrons. The lowest BCUT2D eigenvalue weighted by Gasteiger charge is -2.44. The number of likely N-dealkylation sites (N-methyl/N-ethyl adjacent to an activating group) is 1. The van der Waals surface area contributed by atoms with Crippen LogP contribution >= 0.6 is 11.3 Å². The largest absolute Gasteiger partial charge is 0.508 e. The van der Waals surface area contributed by atoms with Crippen molar-refractivity contribution >= 4 is 46.0 Å². The predicted octanol–water partition coefficient (Wildman–Crippen LogP) is 5.90. The molecule has 10 nitrogen and oxygen atoms in total. The minimum Gasteiger partial charge on any atom is -0.508 e. The van der Waals surface area contributed by atoms with Crippen LogP contribution in [-0.2, 0) is 35.8 Å². The van der Waals surface area contributed by atoms with Crippen LogP contribution in [-0.4, -0.2) is 72.4 Å². The molecule has 4 aromatic carbocycles. The number of likely N-dealkylation sites (tertiary alicyclic amines) is 1. The molecule has 2 aliphatic rings. The van der Waals surface area contributed by atoms with Crippen LogP contribution in [0.25, 0.3) is 21.9 Å². The Bertz CT molecular complexity index is 2090. The summed E-state index contributed by atoms with van der Waals surface area (Å²) in [6, 6.07) is 25.9. The van der Waals surface area contributed by atoms with Gasteiger partial charge in [-0.15, -0.1) is 11.3 Å². The zero-order chi connectivity index (χ0) is 36.2. The van der Waals surface area contributed by atoms with Crippen molar-refractivity contribution in [3.63, 3.8) is 0 Å². The molecule has 0 atom stereocenters. The summed E-state index contributed by atoms with van der Waals surface area (Å²) in [5.74, 6) is 1.09. The topological polar surface area (TPSA) is 114 Å². The molecule has 11 heteroatoms. The van der Waals surface area contributed by atoms with Gasteiger partial charge in [0.1, 0.15) is 18.1 Å². The summed E-state index contributed by atoms with van der Waals surface area (Å²) in [6.07, 6.45) is 1.35. The van der Waals surface area contributed by atoms with Crippen LogP contribution < -0.4 is 20.3 Å². The number of carbonyl (C=O) groups is 3. The molecule has 1 fully saturated rings. The first-order valence-electron chi connectivity index (χ1n) is 17.7. The fourth-order valence-electron chi connectivity index (χ4n) is 6.94. The number of benzene rings is 4. The Balaban J connectivity index is 1.01. The lowest BCUT2D eigenvalue weighted by Crippen LogP contribution is -2.60. The quantitative estimate of drug-likeness (QED) is 0.0913. The standard InChI is InChI=1S/C41H43N5O5S/c1-3-40(49)45-22-31(23-45)46(26-47)21-30-11-10-29(35-18-32(48)16-28-6-4-5-7-34(28)35)17-38(30)44(2)15-14-42-19-27-8-12-33(13-9-27)51-24-39-36-20-43-41(50)37(36)25-52-39/h4-13,16-18,25-26,31,42,48H,3,14-15,19-24H2,1-2H3,(H,43,50). The highest BCUT2D eigenvalue weighted by atomic mass is 32.1. The van der Waals surface area contributed by atoms with Crippen molar-refractivity contribution in [2.75, 3.05) is 38.1 Å². The zero-order valence-electron chi connectivity index (χ0n) is 29.4. The van der Waals surface area contributed by atoms with Crippen LogP contribution in [0.2, 0.25) is 0 Å². The van der Waals surface area contributed by atoms with Gasteiger partial charge in [-0.3, -0.25) is 14.4 Å². The number of nitrogens with zero attached hydrogens (tertiary/aromatic N) is 3. The second kappa shape index (κ2) is 15.5. The molecule has 3 amide bonds. The predicted molar refractivity (Wildman–Crippen MR) is 205 cm³/mol. The molecule has 0 saturated carbocycles. The summed E-state index contributed by atoms with van der Waals surface area (Å²) in [7, 11) is 2.06. The zero-order valence-corrected chi connectivity index (χ0v) is 30.2. The molecule has 3 N–H and O–H groups in total. The van der Waals surface area contributed by atoms with Gasteiger partial charge in [0.05, 0.1) is 11.6 Å². The van der Waals surface area contributed by atoms with Crippen molar-refractivity contribution in [1.29, 1.82) is 0 Å². The monoisotopic (exact) mass is 717 g/mol. The highest BCUT2D eigenvalue weighted by Gasteiger charge is 2.34. The van der Waals surface area contributed by atoms with Crippen molar-refractivity contribution in [3.8, 4) is 22.6 Å². The Morgan fingerprint density at radius 3 is 2.67 bits per heavy atom. The van der Waals surface area contributed by atoms with E-state index in [4.69, 9.17) is 4.74 Å². The number of thiophene rings is 1. The first kappa shape index (κ1) is 35.0. The molecule has 0 bridgehead atoms. The minimum atomic E-state index is -0.0151. The number of phenols is 1. The Morgan fingerprint density at radius 1 is 1.08 bits per heavy atom. The Labute approximate surface area is 307 Å². The normalized spacial score (nSPS) is 13.8. The lowest BCUT2D eigenvalue weighted by molar-refractivity contribution is -0.141. The summed E-state index contributed by atoms with van der Waals surface area (Å²) >= 11 is 1.56. The van der Waals surface area contributed by atoms with Gasteiger partial charge >= 0.3 is 0 Å². The van der Waals surface area contributed by atoms with Crippen LogP contribution in [0.4, 0.5) is 5.69 Å². The third-order valence-electron chi connectivity index (χ3n) is 10.0. The minimum absolute atomic E-state index is 0.0105. The number of carbonyl (C=O) groups excluding carboxylic acids is 3. The van der Waals surface area contributed by atoms with E-state index in [2.05, 4.69) is 59.0 Å². The highest BCUT2D eigenvalue weighted by molar-refractivity contribution is 7.10. The van der Waals surface area contributed by atoms with Crippen molar-refractivity contribution in [2.24, 2.45) is 0 Å². The summed E-state index contributed by atoms with van der Waals surface area (Å²) in [6.45, 7) is 6.51. The number of aromatic hydroxyl groups is 1. The fourth-order valence-corrected chi connectivity index (χ4v) is 7.90. The molecule has 5 aromatic rings. The molecular formula is C41H43N5O5S. The maximum Gasteiger partial charge on any atom is 0.252 e. The van der Waals surface area contributed by atoms with Crippen LogP contribution in [0.3, 0.4) is 0 Å². The maximum atomic E-state index is 12.3. The van der Waals surface area contributed by atoms with E-state index in [1.54, 1.807) is 33.3 Å². The molecule has 7 rings (SSSR count). The third kappa shape index (κ3) is 7.46. The van der Waals surface area contributed by atoms with E-state index in [0.717, 1.165) is 73.4 Å². The molecule has 1 saturated heterocycles. The Morgan fingerprint density at radius 2 is 1.88 bits per heavy atom. The van der Waals surface area contributed by atoms with E-state index in [9.17, 15) is 19.5 Å². The van der Waals surface area contributed by atoms with Crippen LogP contribution in [0.1, 0.15) is 45.3 Å². The number of ether oxygens (including phenoxy) is 1. The third-order valence-corrected chi connectivity index (χ3v) is 11.0. The van der Waals surface area contributed by atoms with Crippen molar-refractivity contribution in [3.05, 3.63) is 111 Å². The van der Waals surface area contributed by atoms with Gasteiger partial charge in [0.25, 0.3) is 5.91 Å². The van der Waals surface area contributed by atoms with Gasteiger partial charge in [-0.25, -0.2) is 0 Å². The molecular weight excluding hydrogens is 675 g/mol. The molecule has 2 aliphatic heterocycles. The van der Waals surface area contributed by atoms with E-state index in [1.807, 2.05) is 42.6 Å². The number of amides is 3. The molecule has 0 unspecified atom stereocenters. The maximum absolute atomic E-state index is 12.3. The van der Waals surface area contributed by atoms with E-state index in [-0.39, 0.29) is 23.6 Å². The number of anilines is 1. The average Bonchev–Trinajstić information content (AvgIpc) is 3.73. The fraction of sp³-hybridized carbons (Fsp3) is 0.293. The van der Waals surface area contributed by atoms with Crippen LogP contribution in [0, 0.1) is 0 Å². The Kier molecular flexibility index (Phi) is 10.4. The van der Waals surface area contributed by atoms with E-state index >= 15 is 0 Å². The molecule has 0 spiro atoms. The van der Waals surface area contributed by atoms with Gasteiger partial charge in [0.2, 0.25) is 12.3 Å². The summed E-state index contributed by atoms with van der Waals surface area (Å²) < 4.78 is 6.02. The first-order chi connectivity index (χ1) is 25.3. The summed E-state index contributed by atoms with van der Waals surface area (Å²) in [5.41, 5.74) is 6.86. The van der Waals surface area contributed by atoms with Gasteiger partial charge < -0.3 is 35.2 Å². The van der Waals surface area contributed by atoms with Crippen LogP contribution in [0.5, 0.6) is 11.5 Å². The summed E-state index contributed by atoms with van der Waals surface area (Å²) in [4.78, 5) is 43.2. The van der Waals surface area contributed by atoms with Gasteiger partial charge in [-0.1, -0.05) is 55.5 Å². The number of nitrogens with one attached hydrogen (secondary N) is 2. The van der Waals surface area contributed by atoms with Gasteiger partial charge in [0.15, 0.2) is 0 Å². The lowest BCUT2D eigenvalue weighted by atomic mass is 9.95. The number of fused-ring (bicyclic) bond motifs is 2. The molecule has 0 aliphatic carbocycles. The average molecular weight is 718 g/mol. The molecule has 0 radical (unpaired) electrons. The smallest absolute Gasteiger partial charge is 0.252 e. The number of rotatable bonds is 15. The molecule has 3 heterocycles. The SMILES string of the molecule is CCC(=O)N1CC(N(C=O)Cc2ccc(-c3cc(O)cc4ccccc34)cc2N(C)CCNCc2ccc(OCc3scc4c3CNC4=O)cc2)C1. The first-order valence-corrected chi connectivity index (χ1v) is 18.5. The van der Waals surface area contributed by atoms with Crippen molar-refractivity contribution in [2.45, 2.75) is 45.6 Å². The van der Waals surface area contributed by atoms with Gasteiger partial charge in [-0.05, 0) is 63.4 Å². The number of hydrogen-bond donors (Lipinski definition) is 3. The van der Waals surface area contributed by atoms with Gasteiger partial charge in [-0.2, -0.15) is 0 Å². The van der Waals surface area contributed by atoms with E-state index < -0.39 is 0 Å². The second-order valence-corrected chi connectivity index (χ2v) is 14.4.